The molecule has 1 N–H and O–H groups in total. The maximum atomic E-state index is 12.0. The van der Waals surface area contributed by atoms with Crippen molar-refractivity contribution in [1.29, 1.82) is 0 Å². The molecule has 1 atom stereocenters. The van der Waals surface area contributed by atoms with Crippen molar-refractivity contribution in [3.8, 4) is 0 Å². The van der Waals surface area contributed by atoms with Gasteiger partial charge in [-0.05, 0) is 45.7 Å². The lowest BCUT2D eigenvalue weighted by molar-refractivity contribution is -0.131. The van der Waals surface area contributed by atoms with Crippen LogP contribution in [0.5, 0.6) is 0 Å². The summed E-state index contributed by atoms with van der Waals surface area (Å²) >= 11 is 0. The predicted molar refractivity (Wildman–Crippen MR) is 73.6 cm³/mol. The van der Waals surface area contributed by atoms with E-state index in [0.717, 1.165) is 58.3 Å². The zero-order valence-electron chi connectivity index (χ0n) is 11.9. The SMILES string of the molecule is CCCOC1CCCN(C(=O)CCCNC)CC1. The smallest absolute Gasteiger partial charge is 0.222 e. The molecule has 1 aliphatic heterocycles. The van der Waals surface area contributed by atoms with E-state index in [0.29, 0.717) is 18.4 Å². The summed E-state index contributed by atoms with van der Waals surface area (Å²) < 4.78 is 5.79. The van der Waals surface area contributed by atoms with Crippen molar-refractivity contribution in [2.24, 2.45) is 0 Å². The first-order valence-electron chi connectivity index (χ1n) is 7.32. The average Bonchev–Trinajstić information content (AvgIpc) is 2.62. The number of amides is 1. The van der Waals surface area contributed by atoms with Gasteiger partial charge in [0.1, 0.15) is 0 Å². The zero-order chi connectivity index (χ0) is 13.2. The molecule has 1 unspecified atom stereocenters. The van der Waals surface area contributed by atoms with Crippen molar-refractivity contribution in [3.63, 3.8) is 0 Å². The quantitative estimate of drug-likeness (QED) is 0.706. The van der Waals surface area contributed by atoms with E-state index < -0.39 is 0 Å². The molecule has 0 aromatic heterocycles. The largest absolute Gasteiger partial charge is 0.378 e. The topological polar surface area (TPSA) is 41.6 Å². The van der Waals surface area contributed by atoms with Gasteiger partial charge in [0.25, 0.3) is 0 Å². The van der Waals surface area contributed by atoms with Crippen LogP contribution in [0.2, 0.25) is 0 Å². The second kappa shape index (κ2) is 9.34. The van der Waals surface area contributed by atoms with Gasteiger partial charge in [0, 0.05) is 26.1 Å². The number of hydrogen-bond donors (Lipinski definition) is 1. The van der Waals surface area contributed by atoms with Gasteiger partial charge < -0.3 is 15.0 Å². The normalized spacial score (nSPS) is 20.8. The number of rotatable bonds is 7. The fraction of sp³-hybridized carbons (Fsp3) is 0.929. The molecule has 4 heteroatoms. The van der Waals surface area contributed by atoms with Crippen LogP contribution in [0, 0.1) is 0 Å². The van der Waals surface area contributed by atoms with Crippen LogP contribution in [0.1, 0.15) is 45.4 Å². The summed E-state index contributed by atoms with van der Waals surface area (Å²) in [5, 5.41) is 3.08. The summed E-state index contributed by atoms with van der Waals surface area (Å²) in [5.41, 5.74) is 0. The summed E-state index contributed by atoms with van der Waals surface area (Å²) in [7, 11) is 1.92. The van der Waals surface area contributed by atoms with Crippen molar-refractivity contribution < 1.29 is 9.53 Å². The maximum Gasteiger partial charge on any atom is 0.222 e. The number of nitrogens with one attached hydrogen (secondary N) is 1. The van der Waals surface area contributed by atoms with Crippen LogP contribution in [0.25, 0.3) is 0 Å². The number of ether oxygens (including phenoxy) is 1. The van der Waals surface area contributed by atoms with E-state index in [1.807, 2.05) is 11.9 Å². The molecule has 1 heterocycles. The van der Waals surface area contributed by atoms with Gasteiger partial charge in [0.05, 0.1) is 6.10 Å². The van der Waals surface area contributed by atoms with Crippen LogP contribution < -0.4 is 5.32 Å². The highest BCUT2D eigenvalue weighted by atomic mass is 16.5. The number of nitrogens with zero attached hydrogens (tertiary/aromatic N) is 1. The second-order valence-electron chi connectivity index (χ2n) is 5.01. The third-order valence-electron chi connectivity index (χ3n) is 3.40. The van der Waals surface area contributed by atoms with Gasteiger partial charge >= 0.3 is 0 Å². The van der Waals surface area contributed by atoms with Gasteiger partial charge in [-0.15, -0.1) is 0 Å². The van der Waals surface area contributed by atoms with E-state index in [1.165, 1.54) is 0 Å². The van der Waals surface area contributed by atoms with Gasteiger partial charge in [-0.1, -0.05) is 6.92 Å². The Bertz CT molecular complexity index is 234. The Morgan fingerprint density at radius 1 is 1.39 bits per heavy atom. The Hall–Kier alpha value is -0.610. The predicted octanol–water partition coefficient (Wildman–Crippen LogP) is 1.79. The minimum absolute atomic E-state index is 0.307. The van der Waals surface area contributed by atoms with Gasteiger partial charge in [-0.25, -0.2) is 0 Å². The molecule has 0 saturated carbocycles. The van der Waals surface area contributed by atoms with Crippen LogP contribution in [-0.4, -0.2) is 50.2 Å². The first-order chi connectivity index (χ1) is 8.77. The van der Waals surface area contributed by atoms with E-state index in [9.17, 15) is 4.79 Å². The van der Waals surface area contributed by atoms with Gasteiger partial charge in [0.15, 0.2) is 0 Å². The first-order valence-corrected chi connectivity index (χ1v) is 7.32. The second-order valence-corrected chi connectivity index (χ2v) is 5.01. The third kappa shape index (κ3) is 5.83. The Labute approximate surface area is 111 Å². The molecule has 0 spiro atoms. The van der Waals surface area contributed by atoms with Crippen molar-refractivity contribution in [2.75, 3.05) is 33.3 Å². The van der Waals surface area contributed by atoms with E-state index in [2.05, 4.69) is 12.2 Å². The van der Waals surface area contributed by atoms with Crippen LogP contribution in [0.4, 0.5) is 0 Å². The molecule has 4 nitrogen and oxygen atoms in total. The third-order valence-corrected chi connectivity index (χ3v) is 3.40. The molecule has 0 aliphatic carbocycles. The van der Waals surface area contributed by atoms with Gasteiger partial charge in [-0.3, -0.25) is 4.79 Å². The fourth-order valence-corrected chi connectivity index (χ4v) is 2.34. The van der Waals surface area contributed by atoms with Crippen LogP contribution in [0.3, 0.4) is 0 Å². The molecule has 0 radical (unpaired) electrons. The number of carbonyl (C=O) groups excluding carboxylic acids is 1. The first kappa shape index (κ1) is 15.4. The van der Waals surface area contributed by atoms with Gasteiger partial charge in [-0.2, -0.15) is 0 Å². The molecule has 0 aromatic rings. The van der Waals surface area contributed by atoms with Gasteiger partial charge in [0.2, 0.25) is 5.91 Å². The van der Waals surface area contributed by atoms with Crippen molar-refractivity contribution in [2.45, 2.75) is 51.6 Å². The molecule has 1 amide bonds. The maximum absolute atomic E-state index is 12.0. The lowest BCUT2D eigenvalue weighted by Crippen LogP contribution is -2.32. The minimum atomic E-state index is 0.307. The van der Waals surface area contributed by atoms with E-state index >= 15 is 0 Å². The highest BCUT2D eigenvalue weighted by Crippen LogP contribution is 2.15. The Morgan fingerprint density at radius 2 is 2.22 bits per heavy atom. The van der Waals surface area contributed by atoms with E-state index in [4.69, 9.17) is 4.74 Å². The molecule has 1 aliphatic rings. The molecule has 106 valence electrons. The lowest BCUT2D eigenvalue weighted by atomic mass is 10.2. The van der Waals surface area contributed by atoms with Crippen LogP contribution in [-0.2, 0) is 9.53 Å². The molecule has 1 rings (SSSR count). The molecular weight excluding hydrogens is 228 g/mol. The molecule has 0 aromatic carbocycles. The Balaban J connectivity index is 2.25. The van der Waals surface area contributed by atoms with E-state index in [1.54, 1.807) is 0 Å². The van der Waals surface area contributed by atoms with Crippen LogP contribution >= 0.6 is 0 Å². The molecule has 1 saturated heterocycles. The number of likely N-dealkylation sites (tertiary alicyclic amines) is 1. The average molecular weight is 256 g/mol. The molecule has 1 fully saturated rings. The summed E-state index contributed by atoms with van der Waals surface area (Å²) in [6.45, 7) is 5.67. The van der Waals surface area contributed by atoms with Crippen LogP contribution in [0.15, 0.2) is 0 Å². The number of hydrogen-bond acceptors (Lipinski definition) is 3. The van der Waals surface area contributed by atoms with Crippen molar-refractivity contribution in [3.05, 3.63) is 0 Å². The highest BCUT2D eigenvalue weighted by Gasteiger charge is 2.20. The van der Waals surface area contributed by atoms with E-state index in [-0.39, 0.29) is 0 Å². The standard InChI is InChI=1S/C14H28N2O2/c1-3-12-18-13-6-5-10-16(11-8-13)14(17)7-4-9-15-2/h13,15H,3-12H2,1-2H3. The Kier molecular flexibility index (Phi) is 8.01. The Morgan fingerprint density at radius 3 is 2.94 bits per heavy atom. The lowest BCUT2D eigenvalue weighted by Gasteiger charge is -2.20. The fourth-order valence-electron chi connectivity index (χ4n) is 2.34. The monoisotopic (exact) mass is 256 g/mol. The molecule has 0 bridgehead atoms. The molecular formula is C14H28N2O2. The summed E-state index contributed by atoms with van der Waals surface area (Å²) in [6, 6.07) is 0. The summed E-state index contributed by atoms with van der Waals surface area (Å²) in [4.78, 5) is 14.0. The number of carbonyl (C=O) groups is 1. The zero-order valence-corrected chi connectivity index (χ0v) is 11.9. The summed E-state index contributed by atoms with van der Waals surface area (Å²) in [5.74, 6) is 0.307. The highest BCUT2D eigenvalue weighted by molar-refractivity contribution is 5.76. The van der Waals surface area contributed by atoms with Crippen molar-refractivity contribution >= 4 is 5.91 Å². The summed E-state index contributed by atoms with van der Waals surface area (Å²) in [6.07, 6.45) is 6.20. The van der Waals surface area contributed by atoms with Crippen molar-refractivity contribution in [1.82, 2.24) is 10.2 Å². The minimum Gasteiger partial charge on any atom is -0.378 e. The molecule has 18 heavy (non-hydrogen) atoms.